The van der Waals surface area contributed by atoms with Crippen molar-refractivity contribution in [3.63, 3.8) is 0 Å². The SMILES string of the molecule is Cc1c(C(=O)C=CN(C)C)cnc2ccnn12. The summed E-state index contributed by atoms with van der Waals surface area (Å²) >= 11 is 0. The Labute approximate surface area is 99.4 Å². The van der Waals surface area contributed by atoms with Crippen LogP contribution in [-0.2, 0) is 0 Å². The Kier molecular flexibility index (Phi) is 2.91. The van der Waals surface area contributed by atoms with Crippen LogP contribution in [0.15, 0.2) is 30.7 Å². The van der Waals surface area contributed by atoms with Crippen LogP contribution in [0.2, 0.25) is 0 Å². The van der Waals surface area contributed by atoms with Gasteiger partial charge in [-0.15, -0.1) is 0 Å². The van der Waals surface area contributed by atoms with Crippen molar-refractivity contribution in [2.24, 2.45) is 0 Å². The first-order chi connectivity index (χ1) is 8.09. The number of aryl methyl sites for hydroxylation is 1. The van der Waals surface area contributed by atoms with Crippen LogP contribution in [0, 0.1) is 6.92 Å². The van der Waals surface area contributed by atoms with Gasteiger partial charge in [0.05, 0.1) is 17.5 Å². The summed E-state index contributed by atoms with van der Waals surface area (Å²) in [5, 5.41) is 4.12. The fourth-order valence-electron chi connectivity index (χ4n) is 1.54. The van der Waals surface area contributed by atoms with E-state index in [1.165, 1.54) is 6.08 Å². The van der Waals surface area contributed by atoms with Crippen LogP contribution in [-0.4, -0.2) is 39.4 Å². The summed E-state index contributed by atoms with van der Waals surface area (Å²) in [5.74, 6) is -0.0684. The average molecular weight is 230 g/mol. The number of nitrogens with zero attached hydrogens (tertiary/aromatic N) is 4. The Morgan fingerprint density at radius 1 is 1.47 bits per heavy atom. The highest BCUT2D eigenvalue weighted by Gasteiger charge is 2.10. The zero-order chi connectivity index (χ0) is 12.4. The molecule has 2 aromatic heterocycles. The monoisotopic (exact) mass is 230 g/mol. The second-order valence-electron chi connectivity index (χ2n) is 4.00. The van der Waals surface area contributed by atoms with Crippen LogP contribution in [0.4, 0.5) is 0 Å². The van der Waals surface area contributed by atoms with Crippen molar-refractivity contribution in [2.75, 3.05) is 14.1 Å². The van der Waals surface area contributed by atoms with E-state index in [2.05, 4.69) is 10.1 Å². The quantitative estimate of drug-likeness (QED) is 0.589. The van der Waals surface area contributed by atoms with Crippen molar-refractivity contribution in [3.8, 4) is 0 Å². The Balaban J connectivity index is 2.42. The maximum atomic E-state index is 11.9. The lowest BCUT2D eigenvalue weighted by atomic mass is 10.1. The molecule has 0 bridgehead atoms. The summed E-state index contributed by atoms with van der Waals surface area (Å²) in [5.41, 5.74) is 2.11. The molecule has 0 amide bonds. The molecule has 0 aliphatic carbocycles. The molecule has 17 heavy (non-hydrogen) atoms. The lowest BCUT2D eigenvalue weighted by Gasteiger charge is -2.05. The highest BCUT2D eigenvalue weighted by molar-refractivity contribution is 6.05. The first-order valence-electron chi connectivity index (χ1n) is 5.28. The fraction of sp³-hybridized carbons (Fsp3) is 0.250. The molecule has 5 nitrogen and oxygen atoms in total. The van der Waals surface area contributed by atoms with Gasteiger partial charge in [-0.05, 0) is 6.92 Å². The van der Waals surface area contributed by atoms with Gasteiger partial charge >= 0.3 is 0 Å². The zero-order valence-corrected chi connectivity index (χ0v) is 10.1. The van der Waals surface area contributed by atoms with Crippen LogP contribution in [0.1, 0.15) is 16.1 Å². The molecular formula is C12H14N4O. The Bertz CT molecular complexity index is 583. The second kappa shape index (κ2) is 4.37. The molecule has 0 N–H and O–H groups in total. The molecule has 2 aromatic rings. The first kappa shape index (κ1) is 11.3. The molecule has 0 spiro atoms. The van der Waals surface area contributed by atoms with Crippen molar-refractivity contribution in [1.82, 2.24) is 19.5 Å². The minimum Gasteiger partial charge on any atom is -0.383 e. The van der Waals surface area contributed by atoms with E-state index in [-0.39, 0.29) is 5.78 Å². The average Bonchev–Trinajstić information content (AvgIpc) is 2.75. The van der Waals surface area contributed by atoms with E-state index >= 15 is 0 Å². The maximum absolute atomic E-state index is 11.9. The van der Waals surface area contributed by atoms with Gasteiger partial charge in [0.2, 0.25) is 0 Å². The van der Waals surface area contributed by atoms with Crippen molar-refractivity contribution >= 4 is 11.4 Å². The molecule has 0 aromatic carbocycles. The number of allylic oxidation sites excluding steroid dienone is 1. The molecule has 2 rings (SSSR count). The van der Waals surface area contributed by atoms with Gasteiger partial charge in [-0.1, -0.05) is 0 Å². The number of fused-ring (bicyclic) bond motifs is 1. The topological polar surface area (TPSA) is 50.5 Å². The number of rotatable bonds is 3. The van der Waals surface area contributed by atoms with Crippen LogP contribution >= 0.6 is 0 Å². The van der Waals surface area contributed by atoms with Gasteiger partial charge in [-0.2, -0.15) is 5.10 Å². The number of carbonyl (C=O) groups is 1. The molecule has 0 radical (unpaired) electrons. The minimum atomic E-state index is -0.0684. The third-order valence-corrected chi connectivity index (χ3v) is 2.45. The first-order valence-corrected chi connectivity index (χ1v) is 5.28. The summed E-state index contributed by atoms with van der Waals surface area (Å²) in [7, 11) is 3.73. The van der Waals surface area contributed by atoms with Crippen molar-refractivity contribution in [3.05, 3.63) is 42.0 Å². The molecule has 5 heteroatoms. The number of hydrogen-bond acceptors (Lipinski definition) is 4. The van der Waals surface area contributed by atoms with Crippen LogP contribution in [0.5, 0.6) is 0 Å². The fourth-order valence-corrected chi connectivity index (χ4v) is 1.54. The van der Waals surface area contributed by atoms with Gasteiger partial charge in [-0.3, -0.25) is 4.79 Å². The predicted octanol–water partition coefficient (Wildman–Crippen LogP) is 1.30. The third kappa shape index (κ3) is 2.18. The number of carbonyl (C=O) groups excluding carboxylic acids is 1. The highest BCUT2D eigenvalue weighted by atomic mass is 16.1. The molecule has 0 atom stereocenters. The van der Waals surface area contributed by atoms with E-state index in [9.17, 15) is 4.79 Å². The normalized spacial score (nSPS) is 11.2. The Morgan fingerprint density at radius 2 is 2.24 bits per heavy atom. The van der Waals surface area contributed by atoms with E-state index in [1.54, 1.807) is 29.2 Å². The number of hydrogen-bond donors (Lipinski definition) is 0. The standard InChI is InChI=1S/C12H14N4O/c1-9-10(11(17)5-7-15(2)3)8-13-12-4-6-14-16(9)12/h4-8H,1-3H3. The van der Waals surface area contributed by atoms with E-state index in [0.717, 1.165) is 11.3 Å². The molecule has 0 saturated heterocycles. The smallest absolute Gasteiger partial charge is 0.190 e. The van der Waals surface area contributed by atoms with E-state index in [1.807, 2.05) is 25.9 Å². The summed E-state index contributed by atoms with van der Waals surface area (Å²) in [6.07, 6.45) is 6.50. The number of aromatic nitrogens is 3. The van der Waals surface area contributed by atoms with Crippen LogP contribution in [0.25, 0.3) is 5.65 Å². The zero-order valence-electron chi connectivity index (χ0n) is 10.1. The molecular weight excluding hydrogens is 216 g/mol. The van der Waals surface area contributed by atoms with E-state index in [4.69, 9.17) is 0 Å². The van der Waals surface area contributed by atoms with Gasteiger partial charge in [-0.25, -0.2) is 9.50 Å². The van der Waals surface area contributed by atoms with E-state index < -0.39 is 0 Å². The molecule has 0 fully saturated rings. The summed E-state index contributed by atoms with van der Waals surface area (Å²) in [4.78, 5) is 17.9. The van der Waals surface area contributed by atoms with Crippen molar-refractivity contribution < 1.29 is 4.79 Å². The largest absolute Gasteiger partial charge is 0.383 e. The van der Waals surface area contributed by atoms with Crippen LogP contribution in [0.3, 0.4) is 0 Å². The summed E-state index contributed by atoms with van der Waals surface area (Å²) in [6.45, 7) is 1.86. The molecule has 88 valence electrons. The molecule has 0 unspecified atom stereocenters. The summed E-state index contributed by atoms with van der Waals surface area (Å²) < 4.78 is 1.66. The molecule has 0 aliphatic heterocycles. The van der Waals surface area contributed by atoms with Gasteiger partial charge in [0.15, 0.2) is 11.4 Å². The minimum absolute atomic E-state index is 0.0684. The third-order valence-electron chi connectivity index (χ3n) is 2.45. The highest BCUT2D eigenvalue weighted by Crippen LogP contribution is 2.10. The van der Waals surface area contributed by atoms with Crippen molar-refractivity contribution in [2.45, 2.75) is 6.92 Å². The van der Waals surface area contributed by atoms with E-state index in [0.29, 0.717) is 5.56 Å². The van der Waals surface area contributed by atoms with Gasteiger partial charge < -0.3 is 4.90 Å². The second-order valence-corrected chi connectivity index (χ2v) is 4.00. The van der Waals surface area contributed by atoms with Crippen molar-refractivity contribution in [1.29, 1.82) is 0 Å². The molecule has 2 heterocycles. The lowest BCUT2D eigenvalue weighted by molar-refractivity contribution is 0.104. The Hall–Kier alpha value is -2.17. The van der Waals surface area contributed by atoms with Gasteiger partial charge in [0, 0.05) is 38.6 Å². The van der Waals surface area contributed by atoms with Crippen LogP contribution < -0.4 is 0 Å². The maximum Gasteiger partial charge on any atom is 0.190 e. The molecule has 0 saturated carbocycles. The predicted molar refractivity (Wildman–Crippen MR) is 64.9 cm³/mol. The summed E-state index contributed by atoms with van der Waals surface area (Å²) in [6, 6.07) is 1.80. The lowest BCUT2D eigenvalue weighted by Crippen LogP contribution is -2.08. The van der Waals surface area contributed by atoms with Gasteiger partial charge in [0.1, 0.15) is 0 Å². The van der Waals surface area contributed by atoms with Gasteiger partial charge in [0.25, 0.3) is 0 Å². The Morgan fingerprint density at radius 3 is 2.94 bits per heavy atom. The number of ketones is 1. The molecule has 0 aliphatic rings.